The number of aromatic amines is 1. The lowest BCUT2D eigenvalue weighted by atomic mass is 10.0. The van der Waals surface area contributed by atoms with Crippen LogP contribution in [-0.4, -0.2) is 41.6 Å². The van der Waals surface area contributed by atoms with E-state index in [0.29, 0.717) is 6.04 Å². The number of hydrogen-bond acceptors (Lipinski definition) is 4. The van der Waals surface area contributed by atoms with Crippen molar-refractivity contribution in [3.8, 4) is 5.75 Å². The van der Waals surface area contributed by atoms with Crippen molar-refractivity contribution in [2.75, 3.05) is 26.7 Å². The minimum absolute atomic E-state index is 0.399. The molecule has 1 aromatic carbocycles. The van der Waals surface area contributed by atoms with Crippen molar-refractivity contribution in [3.63, 3.8) is 0 Å². The fraction of sp³-hybridized carbons (Fsp3) is 0.500. The molecule has 5 heteroatoms. The number of rotatable bonds is 7. The quantitative estimate of drug-likeness (QED) is 0.825. The third-order valence-corrected chi connectivity index (χ3v) is 4.52. The number of nitrogens with zero attached hydrogens (tertiary/aromatic N) is 2. The second-order valence-corrected chi connectivity index (χ2v) is 6.05. The van der Waals surface area contributed by atoms with Crippen molar-refractivity contribution in [1.82, 2.24) is 20.2 Å². The molecule has 1 atom stereocenters. The summed E-state index contributed by atoms with van der Waals surface area (Å²) in [5.74, 6) is 1.90. The van der Waals surface area contributed by atoms with Gasteiger partial charge in [-0.15, -0.1) is 0 Å². The summed E-state index contributed by atoms with van der Waals surface area (Å²) in [6.45, 7) is 4.05. The van der Waals surface area contributed by atoms with E-state index in [1.54, 1.807) is 13.3 Å². The fourth-order valence-corrected chi connectivity index (χ4v) is 3.24. The Labute approximate surface area is 138 Å². The largest absolute Gasteiger partial charge is 0.497 e. The lowest BCUT2D eigenvalue weighted by molar-refractivity contribution is 0.160. The molecule has 0 saturated carbocycles. The molecule has 1 saturated heterocycles. The van der Waals surface area contributed by atoms with Crippen LogP contribution in [0.15, 0.2) is 36.7 Å². The predicted molar refractivity (Wildman–Crippen MR) is 91.5 cm³/mol. The standard InChI is InChI=1S/C18H26N4O/c1-23-16-7-5-15(6-8-16)17(22-11-3-2-4-12-22)13-19-14-18-20-9-10-21-18/h5-10,17,19H,2-4,11-14H2,1H3,(H,20,21). The summed E-state index contributed by atoms with van der Waals surface area (Å²) in [5, 5.41) is 3.55. The Hall–Kier alpha value is -1.85. The van der Waals surface area contributed by atoms with Crippen LogP contribution in [0.2, 0.25) is 0 Å². The Bertz CT molecular complexity index is 561. The number of imidazole rings is 1. The summed E-state index contributed by atoms with van der Waals surface area (Å²) in [6.07, 6.45) is 7.60. The average Bonchev–Trinajstić information content (AvgIpc) is 3.13. The van der Waals surface area contributed by atoms with Gasteiger partial charge in [0.15, 0.2) is 0 Å². The minimum atomic E-state index is 0.399. The maximum Gasteiger partial charge on any atom is 0.120 e. The number of hydrogen-bond donors (Lipinski definition) is 2. The Morgan fingerprint density at radius 1 is 1.22 bits per heavy atom. The van der Waals surface area contributed by atoms with Gasteiger partial charge in [-0.2, -0.15) is 0 Å². The van der Waals surface area contributed by atoms with Gasteiger partial charge in [-0.05, 0) is 43.6 Å². The van der Waals surface area contributed by atoms with Crippen molar-refractivity contribution >= 4 is 0 Å². The summed E-state index contributed by atoms with van der Waals surface area (Å²) in [5.41, 5.74) is 1.35. The van der Waals surface area contributed by atoms with E-state index in [1.165, 1.54) is 37.9 Å². The van der Waals surface area contributed by atoms with Gasteiger partial charge in [0, 0.05) is 25.0 Å². The van der Waals surface area contributed by atoms with E-state index in [-0.39, 0.29) is 0 Å². The molecule has 1 aliphatic heterocycles. The molecule has 2 aromatic rings. The van der Waals surface area contributed by atoms with Gasteiger partial charge in [0.05, 0.1) is 13.7 Å². The molecule has 0 aliphatic carbocycles. The Kier molecular flexibility index (Phi) is 5.66. The highest BCUT2D eigenvalue weighted by Gasteiger charge is 2.22. The highest BCUT2D eigenvalue weighted by Crippen LogP contribution is 2.25. The zero-order valence-corrected chi connectivity index (χ0v) is 13.8. The topological polar surface area (TPSA) is 53.2 Å². The SMILES string of the molecule is COc1ccc(C(CNCc2ncc[nH]2)N2CCCCC2)cc1. The first-order chi connectivity index (χ1) is 11.4. The molecule has 5 nitrogen and oxygen atoms in total. The maximum atomic E-state index is 5.28. The number of piperidine rings is 1. The first kappa shape index (κ1) is 16.0. The van der Waals surface area contributed by atoms with Gasteiger partial charge in [0.25, 0.3) is 0 Å². The van der Waals surface area contributed by atoms with Crippen LogP contribution in [0.5, 0.6) is 5.75 Å². The molecular weight excluding hydrogens is 288 g/mol. The number of benzene rings is 1. The average molecular weight is 314 g/mol. The third kappa shape index (κ3) is 4.33. The van der Waals surface area contributed by atoms with Crippen LogP contribution >= 0.6 is 0 Å². The van der Waals surface area contributed by atoms with Gasteiger partial charge >= 0.3 is 0 Å². The number of ether oxygens (including phenoxy) is 1. The van der Waals surface area contributed by atoms with E-state index in [2.05, 4.69) is 44.5 Å². The van der Waals surface area contributed by atoms with Crippen molar-refractivity contribution in [2.45, 2.75) is 31.8 Å². The molecule has 0 bridgehead atoms. The molecule has 124 valence electrons. The van der Waals surface area contributed by atoms with E-state index in [4.69, 9.17) is 4.74 Å². The number of H-pyrrole nitrogens is 1. The molecular formula is C18H26N4O. The van der Waals surface area contributed by atoms with E-state index in [1.807, 2.05) is 6.20 Å². The highest BCUT2D eigenvalue weighted by molar-refractivity contribution is 5.29. The normalized spacial score (nSPS) is 17.1. The molecule has 2 heterocycles. The van der Waals surface area contributed by atoms with E-state index in [9.17, 15) is 0 Å². The third-order valence-electron chi connectivity index (χ3n) is 4.52. The number of aromatic nitrogens is 2. The molecule has 0 radical (unpaired) electrons. The summed E-state index contributed by atoms with van der Waals surface area (Å²) in [4.78, 5) is 10.0. The van der Waals surface area contributed by atoms with Crippen LogP contribution in [0.1, 0.15) is 36.7 Å². The highest BCUT2D eigenvalue weighted by atomic mass is 16.5. The van der Waals surface area contributed by atoms with E-state index >= 15 is 0 Å². The first-order valence-electron chi connectivity index (χ1n) is 8.44. The van der Waals surface area contributed by atoms with Crippen molar-refractivity contribution in [3.05, 3.63) is 48.0 Å². The van der Waals surface area contributed by atoms with Crippen LogP contribution in [0, 0.1) is 0 Å². The summed E-state index contributed by atoms with van der Waals surface area (Å²) in [6, 6.07) is 8.88. The molecule has 23 heavy (non-hydrogen) atoms. The zero-order valence-electron chi connectivity index (χ0n) is 13.8. The second kappa shape index (κ2) is 8.13. The predicted octanol–water partition coefficient (Wildman–Crippen LogP) is 2.74. The van der Waals surface area contributed by atoms with Gasteiger partial charge in [-0.25, -0.2) is 4.98 Å². The Balaban J connectivity index is 1.66. The van der Waals surface area contributed by atoms with E-state index < -0.39 is 0 Å². The monoisotopic (exact) mass is 314 g/mol. The van der Waals surface area contributed by atoms with Crippen molar-refractivity contribution in [2.24, 2.45) is 0 Å². The van der Waals surface area contributed by atoms with Gasteiger partial charge < -0.3 is 15.0 Å². The second-order valence-electron chi connectivity index (χ2n) is 6.05. The molecule has 0 spiro atoms. The smallest absolute Gasteiger partial charge is 0.120 e. The minimum Gasteiger partial charge on any atom is -0.497 e. The number of likely N-dealkylation sites (tertiary alicyclic amines) is 1. The lowest BCUT2D eigenvalue weighted by Gasteiger charge is -2.35. The van der Waals surface area contributed by atoms with Crippen LogP contribution in [0.3, 0.4) is 0 Å². The van der Waals surface area contributed by atoms with Crippen molar-refractivity contribution < 1.29 is 4.74 Å². The fourth-order valence-electron chi connectivity index (χ4n) is 3.24. The molecule has 3 rings (SSSR count). The van der Waals surface area contributed by atoms with Gasteiger partial charge in [0.1, 0.15) is 11.6 Å². The van der Waals surface area contributed by atoms with Crippen LogP contribution < -0.4 is 10.1 Å². The van der Waals surface area contributed by atoms with E-state index in [0.717, 1.165) is 24.7 Å². The Morgan fingerprint density at radius 2 is 2.00 bits per heavy atom. The van der Waals surface area contributed by atoms with Gasteiger partial charge in [-0.3, -0.25) is 4.90 Å². The molecule has 2 N–H and O–H groups in total. The number of nitrogens with one attached hydrogen (secondary N) is 2. The summed E-state index contributed by atoms with van der Waals surface area (Å²) >= 11 is 0. The van der Waals surface area contributed by atoms with Crippen molar-refractivity contribution in [1.29, 1.82) is 0 Å². The van der Waals surface area contributed by atoms with Gasteiger partial charge in [-0.1, -0.05) is 18.6 Å². The van der Waals surface area contributed by atoms with Crippen LogP contribution in [0.25, 0.3) is 0 Å². The summed E-state index contributed by atoms with van der Waals surface area (Å²) < 4.78 is 5.28. The van der Waals surface area contributed by atoms with Gasteiger partial charge in [0.2, 0.25) is 0 Å². The van der Waals surface area contributed by atoms with Crippen LogP contribution in [0.4, 0.5) is 0 Å². The summed E-state index contributed by atoms with van der Waals surface area (Å²) in [7, 11) is 1.71. The number of methoxy groups -OCH3 is 1. The zero-order chi connectivity index (χ0) is 15.9. The molecule has 1 unspecified atom stereocenters. The maximum absolute atomic E-state index is 5.28. The molecule has 1 aromatic heterocycles. The van der Waals surface area contributed by atoms with Crippen LogP contribution in [-0.2, 0) is 6.54 Å². The molecule has 1 fully saturated rings. The first-order valence-corrected chi connectivity index (χ1v) is 8.44. The Morgan fingerprint density at radius 3 is 2.65 bits per heavy atom. The molecule has 0 amide bonds. The molecule has 1 aliphatic rings. The lowest BCUT2D eigenvalue weighted by Crippen LogP contribution is -2.39.